The van der Waals surface area contributed by atoms with Gasteiger partial charge in [0.25, 0.3) is 0 Å². The summed E-state index contributed by atoms with van der Waals surface area (Å²) in [5, 5.41) is 17.8. The van der Waals surface area contributed by atoms with E-state index >= 15 is 0 Å². The van der Waals surface area contributed by atoms with Crippen LogP contribution in [0.4, 0.5) is 0 Å². The van der Waals surface area contributed by atoms with E-state index in [4.69, 9.17) is 56.9 Å². The lowest BCUT2D eigenvalue weighted by atomic mass is 10.0. The Bertz CT molecular complexity index is 470. The van der Waals surface area contributed by atoms with Crippen LogP contribution in [0.3, 0.4) is 0 Å². The summed E-state index contributed by atoms with van der Waals surface area (Å²) in [6.45, 7) is 0. The van der Waals surface area contributed by atoms with Crippen molar-refractivity contribution in [2.45, 2.75) is 5.92 Å². The summed E-state index contributed by atoms with van der Waals surface area (Å²) in [4.78, 5) is 0. The third kappa shape index (κ3) is 2.30. The van der Waals surface area contributed by atoms with Crippen LogP contribution < -0.4 is 0 Å². The molecule has 0 aromatic heterocycles. The first-order valence-electron chi connectivity index (χ1n) is 3.65. The second-order valence-corrected chi connectivity index (χ2v) is 4.12. The fraction of sp³-hybridized carbons (Fsp3) is 0.111. The van der Waals surface area contributed by atoms with Gasteiger partial charge in [0.1, 0.15) is 0 Å². The number of rotatable bonds is 1. The van der Waals surface area contributed by atoms with Gasteiger partial charge in [-0.3, -0.25) is 0 Å². The maximum atomic E-state index is 8.70. The Morgan fingerprint density at radius 1 is 0.933 bits per heavy atom. The van der Waals surface area contributed by atoms with Crippen molar-refractivity contribution in [2.24, 2.45) is 0 Å². The van der Waals surface area contributed by atoms with E-state index in [0.29, 0.717) is 0 Å². The highest BCUT2D eigenvalue weighted by atomic mass is 35.5. The molecule has 0 N–H and O–H groups in total. The molecule has 0 amide bonds. The molecule has 0 bridgehead atoms. The van der Waals surface area contributed by atoms with Crippen LogP contribution in [-0.2, 0) is 0 Å². The molecule has 1 aromatic carbocycles. The van der Waals surface area contributed by atoms with Crippen molar-refractivity contribution in [3.8, 4) is 12.1 Å². The van der Waals surface area contributed by atoms with E-state index in [-0.39, 0.29) is 25.7 Å². The number of benzene rings is 1. The Kier molecular flexibility index (Phi) is 4.08. The zero-order valence-electron chi connectivity index (χ0n) is 7.06. The summed E-state index contributed by atoms with van der Waals surface area (Å²) in [6, 6.07) is 4.92. The van der Waals surface area contributed by atoms with E-state index < -0.39 is 5.92 Å². The molecule has 0 fully saturated rings. The molecule has 1 rings (SSSR count). The molecule has 2 nitrogen and oxygen atoms in total. The van der Waals surface area contributed by atoms with Gasteiger partial charge in [-0.2, -0.15) is 10.5 Å². The average molecular weight is 280 g/mol. The Morgan fingerprint density at radius 2 is 1.47 bits per heavy atom. The molecule has 15 heavy (non-hydrogen) atoms. The molecule has 0 atom stereocenters. The summed E-state index contributed by atoms with van der Waals surface area (Å²) in [5.41, 5.74) is 0.265. The van der Waals surface area contributed by atoms with Gasteiger partial charge in [-0.15, -0.1) is 0 Å². The van der Waals surface area contributed by atoms with Gasteiger partial charge in [-0.05, 0) is 6.07 Å². The van der Waals surface area contributed by atoms with Crippen LogP contribution in [0.15, 0.2) is 6.07 Å². The maximum Gasteiger partial charge on any atom is 0.159 e. The molecule has 0 spiro atoms. The average Bonchev–Trinajstić information content (AvgIpc) is 2.24. The van der Waals surface area contributed by atoms with Gasteiger partial charge in [0.15, 0.2) is 5.92 Å². The second-order valence-electron chi connectivity index (χ2n) is 2.58. The molecule has 1 aromatic rings. The van der Waals surface area contributed by atoms with Crippen molar-refractivity contribution in [3.63, 3.8) is 0 Å². The van der Waals surface area contributed by atoms with Crippen LogP contribution in [-0.4, -0.2) is 0 Å². The summed E-state index contributed by atoms with van der Waals surface area (Å²) < 4.78 is 0. The Morgan fingerprint density at radius 3 is 1.93 bits per heavy atom. The number of hydrogen-bond donors (Lipinski definition) is 0. The van der Waals surface area contributed by atoms with Crippen molar-refractivity contribution in [2.75, 3.05) is 0 Å². The quantitative estimate of drug-likeness (QED) is 0.564. The molecule has 0 aliphatic heterocycles. The van der Waals surface area contributed by atoms with E-state index in [1.54, 1.807) is 12.1 Å². The number of hydrogen-bond acceptors (Lipinski definition) is 2. The largest absolute Gasteiger partial charge is 0.196 e. The molecule has 0 unspecified atom stereocenters. The topological polar surface area (TPSA) is 47.6 Å². The van der Waals surface area contributed by atoms with E-state index in [9.17, 15) is 0 Å². The summed E-state index contributed by atoms with van der Waals surface area (Å²) >= 11 is 23.1. The van der Waals surface area contributed by atoms with Crippen molar-refractivity contribution in [1.82, 2.24) is 0 Å². The molecule has 0 saturated carbocycles. The van der Waals surface area contributed by atoms with Gasteiger partial charge in [0, 0.05) is 5.56 Å². The van der Waals surface area contributed by atoms with Gasteiger partial charge in [0.2, 0.25) is 0 Å². The smallest absolute Gasteiger partial charge is 0.159 e. The van der Waals surface area contributed by atoms with Crippen LogP contribution in [0.1, 0.15) is 11.5 Å². The van der Waals surface area contributed by atoms with Gasteiger partial charge < -0.3 is 0 Å². The first kappa shape index (κ1) is 12.4. The minimum absolute atomic E-state index is 0.0522. The lowest BCUT2D eigenvalue weighted by Gasteiger charge is -2.08. The Labute approximate surface area is 107 Å². The fourth-order valence-corrected chi connectivity index (χ4v) is 1.90. The molecule has 76 valence electrons. The molecule has 0 radical (unpaired) electrons. The monoisotopic (exact) mass is 278 g/mol. The third-order valence-electron chi connectivity index (χ3n) is 1.70. The highest BCUT2D eigenvalue weighted by Gasteiger charge is 2.19. The van der Waals surface area contributed by atoms with Crippen molar-refractivity contribution in [1.29, 1.82) is 10.5 Å². The van der Waals surface area contributed by atoms with Gasteiger partial charge in [-0.1, -0.05) is 46.4 Å². The standard InChI is InChI=1S/C9H2Cl4N2/c10-6-1-5(4(2-14)3-15)7(11)9(13)8(6)12/h1,4H. The zero-order chi connectivity index (χ0) is 11.6. The highest BCUT2D eigenvalue weighted by molar-refractivity contribution is 6.52. The Hall–Kier alpha value is -0.640. The van der Waals surface area contributed by atoms with Gasteiger partial charge >= 0.3 is 0 Å². The Balaban J connectivity index is 3.47. The SMILES string of the molecule is N#CC(C#N)c1cc(Cl)c(Cl)c(Cl)c1Cl. The molecule has 0 aliphatic carbocycles. The predicted molar refractivity (Wildman–Crippen MR) is 60.4 cm³/mol. The van der Waals surface area contributed by atoms with Crippen LogP contribution in [0.2, 0.25) is 20.1 Å². The number of nitriles is 2. The molecule has 0 aliphatic rings. The minimum Gasteiger partial charge on any atom is -0.196 e. The van der Waals surface area contributed by atoms with E-state index in [0.717, 1.165) is 0 Å². The normalized spacial score (nSPS) is 9.80. The zero-order valence-corrected chi connectivity index (χ0v) is 10.1. The second kappa shape index (κ2) is 4.92. The van der Waals surface area contributed by atoms with E-state index in [1.165, 1.54) is 6.07 Å². The first-order chi connectivity index (χ1) is 7.02. The van der Waals surface area contributed by atoms with Crippen LogP contribution in [0, 0.1) is 22.7 Å². The van der Waals surface area contributed by atoms with Crippen LogP contribution >= 0.6 is 46.4 Å². The lowest BCUT2D eigenvalue weighted by Crippen LogP contribution is -1.94. The number of halogens is 4. The highest BCUT2D eigenvalue weighted by Crippen LogP contribution is 2.40. The summed E-state index contributed by atoms with van der Waals surface area (Å²) in [6.07, 6.45) is 0. The van der Waals surface area contributed by atoms with E-state index in [2.05, 4.69) is 0 Å². The maximum absolute atomic E-state index is 8.70. The lowest BCUT2D eigenvalue weighted by molar-refractivity contribution is 1.10. The van der Waals surface area contributed by atoms with Gasteiger partial charge in [0.05, 0.1) is 32.2 Å². The molecular formula is C9H2Cl4N2. The first-order valence-corrected chi connectivity index (χ1v) is 5.16. The van der Waals surface area contributed by atoms with Crippen molar-refractivity contribution < 1.29 is 0 Å². The molecule has 6 heteroatoms. The molecule has 0 heterocycles. The van der Waals surface area contributed by atoms with Crippen molar-refractivity contribution in [3.05, 3.63) is 31.7 Å². The molecular weight excluding hydrogens is 278 g/mol. The molecule has 0 saturated heterocycles. The van der Waals surface area contributed by atoms with E-state index in [1.807, 2.05) is 0 Å². The summed E-state index contributed by atoms with van der Waals surface area (Å²) in [5.74, 6) is -1.01. The summed E-state index contributed by atoms with van der Waals surface area (Å²) in [7, 11) is 0. The fourth-order valence-electron chi connectivity index (χ4n) is 0.969. The van der Waals surface area contributed by atoms with Crippen LogP contribution in [0.25, 0.3) is 0 Å². The van der Waals surface area contributed by atoms with Gasteiger partial charge in [-0.25, -0.2) is 0 Å². The predicted octanol–water partition coefficient (Wildman–Crippen LogP) is 4.43. The number of nitrogens with zero attached hydrogens (tertiary/aromatic N) is 2. The van der Waals surface area contributed by atoms with Crippen molar-refractivity contribution >= 4 is 46.4 Å². The minimum atomic E-state index is -1.01. The third-order valence-corrected chi connectivity index (χ3v) is 3.47. The van der Waals surface area contributed by atoms with Crippen LogP contribution in [0.5, 0.6) is 0 Å².